The van der Waals surface area contributed by atoms with Crippen LogP contribution < -0.4 is 4.74 Å². The van der Waals surface area contributed by atoms with Crippen molar-refractivity contribution >= 4 is 21.7 Å². The summed E-state index contributed by atoms with van der Waals surface area (Å²) in [6, 6.07) is 16.0. The number of carbonyl (C=O) groups excluding carboxylic acids is 1. The Morgan fingerprint density at radius 1 is 1.12 bits per heavy atom. The average Bonchev–Trinajstić information content (AvgIpc) is 2.64. The summed E-state index contributed by atoms with van der Waals surface area (Å²) in [5, 5.41) is 0. The van der Waals surface area contributed by atoms with Crippen molar-refractivity contribution in [2.45, 2.75) is 25.7 Å². The molecule has 0 aliphatic carbocycles. The molecule has 2 aromatic rings. The van der Waals surface area contributed by atoms with Gasteiger partial charge in [0.25, 0.3) is 0 Å². The number of likely N-dealkylation sites (tertiary alicyclic amines) is 1. The molecule has 4 heteroatoms. The van der Waals surface area contributed by atoms with Gasteiger partial charge in [0.1, 0.15) is 5.75 Å². The number of piperidine rings is 1. The van der Waals surface area contributed by atoms with Crippen LogP contribution in [0.15, 0.2) is 65.3 Å². The maximum atomic E-state index is 13.3. The molecule has 1 aliphatic rings. The van der Waals surface area contributed by atoms with Crippen molar-refractivity contribution in [3.05, 3.63) is 76.4 Å². The second-order valence-corrected chi connectivity index (χ2v) is 7.42. The Kier molecular flexibility index (Phi) is 6.15. The second-order valence-electron chi connectivity index (χ2n) is 6.50. The highest BCUT2D eigenvalue weighted by Gasteiger charge is 2.36. The molecule has 0 amide bonds. The Balaban J connectivity index is 1.94. The summed E-state index contributed by atoms with van der Waals surface area (Å²) >= 11 is 3.47. The third-order valence-corrected chi connectivity index (χ3v) is 5.25. The van der Waals surface area contributed by atoms with Crippen LogP contribution in [0, 0.1) is 0 Å². The highest BCUT2D eigenvalue weighted by atomic mass is 79.9. The Morgan fingerprint density at radius 3 is 2.46 bits per heavy atom. The lowest BCUT2D eigenvalue weighted by molar-refractivity contribution is -0.124. The summed E-state index contributed by atoms with van der Waals surface area (Å²) in [4.78, 5) is 15.6. The van der Waals surface area contributed by atoms with Crippen molar-refractivity contribution in [3.8, 4) is 5.75 Å². The average molecular weight is 414 g/mol. The summed E-state index contributed by atoms with van der Waals surface area (Å²) in [6.07, 6.45) is 4.11. The van der Waals surface area contributed by atoms with Crippen LogP contribution in [0.3, 0.4) is 0 Å². The first-order valence-corrected chi connectivity index (χ1v) is 9.80. The number of benzene rings is 2. The molecule has 1 aliphatic heterocycles. The smallest absolute Gasteiger partial charge is 0.151 e. The van der Waals surface area contributed by atoms with Crippen molar-refractivity contribution < 1.29 is 9.53 Å². The summed E-state index contributed by atoms with van der Waals surface area (Å²) < 4.78 is 6.65. The van der Waals surface area contributed by atoms with Crippen molar-refractivity contribution in [2.75, 3.05) is 19.7 Å². The van der Waals surface area contributed by atoms with Gasteiger partial charge in [-0.2, -0.15) is 0 Å². The fraction of sp³-hybridized carbons (Fsp3) is 0.318. The Morgan fingerprint density at radius 2 is 1.81 bits per heavy atom. The third-order valence-electron chi connectivity index (χ3n) is 4.72. The molecule has 0 radical (unpaired) electrons. The van der Waals surface area contributed by atoms with Gasteiger partial charge in [-0.3, -0.25) is 4.79 Å². The molecule has 0 bridgehead atoms. The van der Waals surface area contributed by atoms with E-state index in [4.69, 9.17) is 4.74 Å². The Labute approximate surface area is 163 Å². The van der Waals surface area contributed by atoms with Crippen LogP contribution in [0.5, 0.6) is 5.75 Å². The number of halogens is 1. The van der Waals surface area contributed by atoms with Gasteiger partial charge in [-0.05, 0) is 55.4 Å². The number of ketones is 1. The molecule has 0 saturated carbocycles. The number of rotatable bonds is 5. The van der Waals surface area contributed by atoms with E-state index in [1.165, 1.54) is 0 Å². The van der Waals surface area contributed by atoms with E-state index < -0.39 is 0 Å². The minimum absolute atomic E-state index is 0.131. The predicted octanol–water partition coefficient (Wildman–Crippen LogP) is 5.13. The van der Waals surface area contributed by atoms with Gasteiger partial charge in [-0.15, -0.1) is 0 Å². The van der Waals surface area contributed by atoms with Gasteiger partial charge in [-0.25, -0.2) is 0 Å². The normalized spacial score (nSPS) is 20.6. The second kappa shape index (κ2) is 8.54. The zero-order chi connectivity index (χ0) is 18.5. The molecule has 2 aromatic carbocycles. The molecule has 3 nitrogen and oxygen atoms in total. The minimum Gasteiger partial charge on any atom is -0.494 e. The number of carbonyl (C=O) groups is 1. The summed E-state index contributed by atoms with van der Waals surface area (Å²) in [5.74, 6) is 0.811. The van der Waals surface area contributed by atoms with Crippen molar-refractivity contribution in [3.63, 3.8) is 0 Å². The van der Waals surface area contributed by atoms with Crippen LogP contribution in [0.1, 0.15) is 36.8 Å². The SMILES string of the molecule is C/C=C\N1CC(c2ccc(Br)cc2)C(=O)C(c2cccc(OCC)c2)C1. The van der Waals surface area contributed by atoms with Crippen LogP contribution in [0.4, 0.5) is 0 Å². The van der Waals surface area contributed by atoms with Gasteiger partial charge < -0.3 is 9.64 Å². The van der Waals surface area contributed by atoms with Gasteiger partial charge >= 0.3 is 0 Å². The highest BCUT2D eigenvalue weighted by Crippen LogP contribution is 2.34. The van der Waals surface area contributed by atoms with E-state index >= 15 is 0 Å². The van der Waals surface area contributed by atoms with Gasteiger partial charge in [0.2, 0.25) is 0 Å². The lowest BCUT2D eigenvalue weighted by atomic mass is 9.80. The van der Waals surface area contributed by atoms with Crippen LogP contribution in [0.2, 0.25) is 0 Å². The molecule has 2 atom stereocenters. The van der Waals surface area contributed by atoms with Gasteiger partial charge in [-0.1, -0.05) is 46.3 Å². The number of hydrogen-bond acceptors (Lipinski definition) is 3. The molecular formula is C22H24BrNO2. The van der Waals surface area contributed by atoms with E-state index in [-0.39, 0.29) is 17.6 Å². The minimum atomic E-state index is -0.158. The zero-order valence-corrected chi connectivity index (χ0v) is 16.8. The first kappa shape index (κ1) is 18.7. The molecule has 136 valence electrons. The van der Waals surface area contributed by atoms with Crippen LogP contribution in [-0.2, 0) is 4.79 Å². The Bertz CT molecular complexity index is 785. The summed E-state index contributed by atoms with van der Waals surface area (Å²) in [5.41, 5.74) is 2.09. The van der Waals surface area contributed by atoms with E-state index in [1.807, 2.05) is 68.5 Å². The first-order valence-electron chi connectivity index (χ1n) is 9.01. The van der Waals surface area contributed by atoms with Gasteiger partial charge in [0.15, 0.2) is 5.78 Å². The highest BCUT2D eigenvalue weighted by molar-refractivity contribution is 9.10. The van der Waals surface area contributed by atoms with Gasteiger partial charge in [0, 0.05) is 17.6 Å². The predicted molar refractivity (Wildman–Crippen MR) is 109 cm³/mol. The number of Topliss-reactive ketones (excluding diaryl/α,β-unsaturated/α-hetero) is 1. The number of hydrogen-bond donors (Lipinski definition) is 0. The van der Waals surface area contributed by atoms with E-state index in [9.17, 15) is 4.79 Å². The summed E-state index contributed by atoms with van der Waals surface area (Å²) in [6.45, 7) is 6.01. The molecule has 0 spiro atoms. The molecular weight excluding hydrogens is 390 g/mol. The van der Waals surface area contributed by atoms with E-state index in [1.54, 1.807) is 0 Å². The van der Waals surface area contributed by atoms with Crippen molar-refractivity contribution in [2.24, 2.45) is 0 Å². The lowest BCUT2D eigenvalue weighted by Crippen LogP contribution is -2.42. The lowest BCUT2D eigenvalue weighted by Gasteiger charge is -2.36. The quantitative estimate of drug-likeness (QED) is 0.679. The van der Waals surface area contributed by atoms with Crippen LogP contribution in [-0.4, -0.2) is 30.4 Å². The van der Waals surface area contributed by atoms with Crippen molar-refractivity contribution in [1.29, 1.82) is 0 Å². The van der Waals surface area contributed by atoms with Crippen LogP contribution in [0.25, 0.3) is 0 Å². The summed E-state index contributed by atoms with van der Waals surface area (Å²) in [7, 11) is 0. The van der Waals surface area contributed by atoms with E-state index in [0.29, 0.717) is 19.7 Å². The standard InChI is InChI=1S/C22H24BrNO2/c1-3-12-24-14-20(16-8-10-18(23)11-9-16)22(25)21(15-24)17-6-5-7-19(13-17)26-4-2/h3,5-13,20-21H,4,14-15H2,1-2H3/b12-3-. The monoisotopic (exact) mass is 413 g/mol. The molecule has 1 saturated heterocycles. The number of ether oxygens (including phenoxy) is 1. The maximum Gasteiger partial charge on any atom is 0.151 e. The van der Waals surface area contributed by atoms with Crippen LogP contribution >= 0.6 is 15.9 Å². The maximum absolute atomic E-state index is 13.3. The first-order chi connectivity index (χ1) is 12.6. The van der Waals surface area contributed by atoms with Gasteiger partial charge in [0.05, 0.1) is 18.4 Å². The third kappa shape index (κ3) is 4.18. The molecule has 1 fully saturated rings. The topological polar surface area (TPSA) is 29.5 Å². The molecule has 3 rings (SSSR count). The molecule has 2 unspecified atom stereocenters. The largest absolute Gasteiger partial charge is 0.494 e. The molecule has 1 heterocycles. The number of allylic oxidation sites excluding steroid dienone is 1. The van der Waals surface area contributed by atoms with E-state index in [0.717, 1.165) is 21.3 Å². The molecule has 26 heavy (non-hydrogen) atoms. The Hall–Kier alpha value is -2.07. The molecule has 0 N–H and O–H groups in total. The number of nitrogens with zero attached hydrogens (tertiary/aromatic N) is 1. The van der Waals surface area contributed by atoms with E-state index in [2.05, 4.69) is 27.0 Å². The van der Waals surface area contributed by atoms with Crippen molar-refractivity contribution in [1.82, 2.24) is 4.90 Å². The fourth-order valence-electron chi connectivity index (χ4n) is 3.52. The fourth-order valence-corrected chi connectivity index (χ4v) is 3.79. The molecule has 0 aromatic heterocycles. The zero-order valence-electron chi connectivity index (χ0n) is 15.2.